The Morgan fingerprint density at radius 2 is 1.66 bits per heavy atom. The topological polar surface area (TPSA) is 71.5 Å². The van der Waals surface area contributed by atoms with Crippen molar-refractivity contribution in [3.63, 3.8) is 0 Å². The summed E-state index contributed by atoms with van der Waals surface area (Å²) >= 11 is 18.4. The van der Waals surface area contributed by atoms with Crippen LogP contribution in [0.1, 0.15) is 0 Å². The highest BCUT2D eigenvalue weighted by atomic mass is 35.5. The number of halogens is 4. The van der Waals surface area contributed by atoms with Crippen LogP contribution in [0.15, 0.2) is 59.8 Å². The third-order valence-electron chi connectivity index (χ3n) is 4.15. The molecule has 0 unspecified atom stereocenters. The van der Waals surface area contributed by atoms with Crippen LogP contribution >= 0.6 is 34.8 Å². The van der Waals surface area contributed by atoms with Crippen LogP contribution in [0.2, 0.25) is 15.1 Å². The minimum atomic E-state index is -0.559. The quantitative estimate of drug-likeness (QED) is 0.440. The molecule has 0 saturated carbocycles. The molecule has 0 bridgehead atoms. The van der Waals surface area contributed by atoms with Crippen LogP contribution in [-0.4, -0.2) is 20.2 Å². The van der Waals surface area contributed by atoms with Crippen LogP contribution in [0.4, 0.5) is 4.39 Å². The van der Waals surface area contributed by atoms with Crippen molar-refractivity contribution in [2.75, 3.05) is 0 Å². The molecular weight excluding hydrogens is 438 g/mol. The van der Waals surface area contributed by atoms with Gasteiger partial charge in [-0.2, -0.15) is 5.10 Å². The highest BCUT2D eigenvalue weighted by Gasteiger charge is 2.23. The normalized spacial score (nSPS) is 10.9. The molecule has 0 radical (unpaired) electrons. The van der Waals surface area contributed by atoms with Crippen LogP contribution in [-0.2, 0) is 0 Å². The van der Waals surface area contributed by atoms with Gasteiger partial charge in [0.15, 0.2) is 0 Å². The van der Waals surface area contributed by atoms with Crippen molar-refractivity contribution >= 4 is 34.8 Å². The standard InChI is InChI=1S/C20H10Cl3FN4O/c21-11-5-10(7-25-8-11)16-17(19-14(23)6-12(22)9-26-19)20(29)28-27-18(16)13-3-1-2-4-15(13)24/h1-9H,(H,28,29). The summed E-state index contributed by atoms with van der Waals surface area (Å²) in [6.45, 7) is 0. The molecule has 1 aromatic carbocycles. The Morgan fingerprint density at radius 3 is 2.38 bits per heavy atom. The van der Waals surface area contributed by atoms with E-state index in [9.17, 15) is 9.18 Å². The largest absolute Gasteiger partial charge is 0.274 e. The predicted molar refractivity (Wildman–Crippen MR) is 112 cm³/mol. The number of aromatic nitrogens is 4. The Hall–Kier alpha value is -2.80. The monoisotopic (exact) mass is 446 g/mol. The Labute approximate surface area is 179 Å². The minimum absolute atomic E-state index is 0.101. The van der Waals surface area contributed by atoms with Gasteiger partial charge in [-0.3, -0.25) is 14.8 Å². The molecule has 3 heterocycles. The van der Waals surface area contributed by atoms with E-state index < -0.39 is 11.4 Å². The molecule has 0 spiro atoms. The molecule has 0 atom stereocenters. The molecule has 0 aliphatic carbocycles. The number of aromatic amines is 1. The molecule has 0 amide bonds. The molecular formula is C20H10Cl3FN4O. The molecule has 144 valence electrons. The van der Waals surface area contributed by atoms with Crippen molar-refractivity contribution in [1.82, 2.24) is 20.2 Å². The second kappa shape index (κ2) is 7.91. The average Bonchev–Trinajstić information content (AvgIpc) is 2.69. The second-order valence-corrected chi connectivity index (χ2v) is 7.29. The first-order chi connectivity index (χ1) is 14.0. The maximum atomic E-state index is 14.6. The van der Waals surface area contributed by atoms with E-state index in [0.29, 0.717) is 21.2 Å². The van der Waals surface area contributed by atoms with Crippen LogP contribution < -0.4 is 5.56 Å². The molecule has 4 aromatic rings. The summed E-state index contributed by atoms with van der Waals surface area (Å²) in [5, 5.41) is 7.31. The molecule has 9 heteroatoms. The lowest BCUT2D eigenvalue weighted by atomic mass is 9.94. The SMILES string of the molecule is O=c1[nH]nc(-c2ccccc2F)c(-c2cncc(Cl)c2)c1-c1ncc(Cl)cc1Cl. The first-order valence-electron chi connectivity index (χ1n) is 8.25. The Kier molecular flexibility index (Phi) is 5.32. The second-order valence-electron chi connectivity index (χ2n) is 6.01. The zero-order chi connectivity index (χ0) is 20.5. The molecule has 0 fully saturated rings. The Balaban J connectivity index is 2.14. The van der Waals surface area contributed by atoms with Crippen LogP contribution in [0.3, 0.4) is 0 Å². The summed E-state index contributed by atoms with van der Waals surface area (Å²) in [5.41, 5.74) is 0.843. The highest BCUT2D eigenvalue weighted by Crippen LogP contribution is 2.39. The maximum absolute atomic E-state index is 14.6. The lowest BCUT2D eigenvalue weighted by molar-refractivity contribution is 0.630. The molecule has 0 saturated heterocycles. The van der Waals surface area contributed by atoms with E-state index in [1.54, 1.807) is 24.3 Å². The summed E-state index contributed by atoms with van der Waals surface area (Å²) in [6, 6.07) is 9.15. The minimum Gasteiger partial charge on any atom is -0.267 e. The lowest BCUT2D eigenvalue weighted by Crippen LogP contribution is -2.15. The number of nitrogens with one attached hydrogen (secondary N) is 1. The van der Waals surface area contributed by atoms with Gasteiger partial charge in [0, 0.05) is 35.3 Å². The maximum Gasteiger partial charge on any atom is 0.274 e. The van der Waals surface area contributed by atoms with Gasteiger partial charge >= 0.3 is 0 Å². The van der Waals surface area contributed by atoms with Gasteiger partial charge in [0.2, 0.25) is 0 Å². The number of H-pyrrole nitrogens is 1. The zero-order valence-electron chi connectivity index (χ0n) is 14.5. The summed E-state index contributed by atoms with van der Waals surface area (Å²) in [6.07, 6.45) is 4.31. The first kappa shape index (κ1) is 19.5. The van der Waals surface area contributed by atoms with Gasteiger partial charge in [-0.1, -0.05) is 46.9 Å². The summed E-state index contributed by atoms with van der Waals surface area (Å²) in [4.78, 5) is 21.1. The van der Waals surface area contributed by atoms with Gasteiger partial charge in [0.1, 0.15) is 11.5 Å². The molecule has 0 aliphatic heterocycles. The van der Waals surface area contributed by atoms with Gasteiger partial charge in [0.25, 0.3) is 5.56 Å². The van der Waals surface area contributed by atoms with E-state index in [-0.39, 0.29) is 27.5 Å². The number of nitrogens with zero attached hydrogens (tertiary/aromatic N) is 3. The third-order valence-corrected chi connectivity index (χ3v) is 4.85. The molecule has 0 aliphatic rings. The van der Waals surface area contributed by atoms with E-state index in [4.69, 9.17) is 34.8 Å². The number of rotatable bonds is 3. The smallest absolute Gasteiger partial charge is 0.267 e. The van der Waals surface area contributed by atoms with Crippen molar-refractivity contribution in [3.05, 3.63) is 86.2 Å². The van der Waals surface area contributed by atoms with Crippen LogP contribution in [0.5, 0.6) is 0 Å². The van der Waals surface area contributed by atoms with Gasteiger partial charge in [-0.15, -0.1) is 0 Å². The van der Waals surface area contributed by atoms with E-state index in [1.165, 1.54) is 30.7 Å². The first-order valence-corrected chi connectivity index (χ1v) is 9.39. The van der Waals surface area contributed by atoms with E-state index in [1.807, 2.05) is 0 Å². The average molecular weight is 448 g/mol. The van der Waals surface area contributed by atoms with Gasteiger partial charge in [-0.05, 0) is 24.3 Å². The molecule has 5 nitrogen and oxygen atoms in total. The van der Waals surface area contributed by atoms with Crippen LogP contribution in [0, 0.1) is 5.82 Å². The summed E-state index contributed by atoms with van der Waals surface area (Å²) in [5.74, 6) is -0.510. The summed E-state index contributed by atoms with van der Waals surface area (Å²) in [7, 11) is 0. The van der Waals surface area contributed by atoms with E-state index in [0.717, 1.165) is 0 Å². The lowest BCUT2D eigenvalue weighted by Gasteiger charge is -2.14. The molecule has 3 aromatic heterocycles. The van der Waals surface area contributed by atoms with Gasteiger partial charge in [-0.25, -0.2) is 9.49 Å². The van der Waals surface area contributed by atoms with Crippen molar-refractivity contribution in [1.29, 1.82) is 0 Å². The van der Waals surface area contributed by atoms with Gasteiger partial charge in [0.05, 0.1) is 26.3 Å². The van der Waals surface area contributed by atoms with Gasteiger partial charge < -0.3 is 0 Å². The molecule has 4 rings (SSSR count). The molecule has 29 heavy (non-hydrogen) atoms. The number of hydrogen-bond acceptors (Lipinski definition) is 4. The fourth-order valence-corrected chi connectivity index (χ4v) is 3.60. The van der Waals surface area contributed by atoms with Crippen molar-refractivity contribution < 1.29 is 4.39 Å². The Bertz CT molecular complexity index is 1290. The van der Waals surface area contributed by atoms with Crippen molar-refractivity contribution in [2.45, 2.75) is 0 Å². The van der Waals surface area contributed by atoms with Crippen molar-refractivity contribution in [2.24, 2.45) is 0 Å². The van der Waals surface area contributed by atoms with Crippen molar-refractivity contribution in [3.8, 4) is 33.6 Å². The van der Waals surface area contributed by atoms with E-state index in [2.05, 4.69) is 20.2 Å². The molecule has 1 N–H and O–H groups in total. The highest BCUT2D eigenvalue weighted by molar-refractivity contribution is 6.36. The zero-order valence-corrected chi connectivity index (χ0v) is 16.7. The fraction of sp³-hybridized carbons (Fsp3) is 0. The van der Waals surface area contributed by atoms with E-state index >= 15 is 0 Å². The number of hydrogen-bond donors (Lipinski definition) is 1. The fourth-order valence-electron chi connectivity index (χ4n) is 2.95. The summed E-state index contributed by atoms with van der Waals surface area (Å²) < 4.78 is 14.6. The third kappa shape index (κ3) is 3.74. The Morgan fingerprint density at radius 1 is 0.897 bits per heavy atom. The predicted octanol–water partition coefficient (Wildman–Crippen LogP) is 5.66. The number of benzene rings is 1. The number of pyridine rings is 2. The van der Waals surface area contributed by atoms with Crippen LogP contribution in [0.25, 0.3) is 33.6 Å².